The van der Waals surface area contributed by atoms with Crippen molar-refractivity contribution >= 4 is 29.3 Å². The molecule has 168 valence electrons. The fourth-order valence-electron chi connectivity index (χ4n) is 2.55. The highest BCUT2D eigenvalue weighted by Crippen LogP contribution is 2.21. The van der Waals surface area contributed by atoms with E-state index in [0.717, 1.165) is 0 Å². The molecule has 0 saturated heterocycles. The summed E-state index contributed by atoms with van der Waals surface area (Å²) < 4.78 is 10.8. The van der Waals surface area contributed by atoms with Crippen molar-refractivity contribution in [3.8, 4) is 12.3 Å². The maximum atomic E-state index is 12.6. The van der Waals surface area contributed by atoms with Crippen LogP contribution >= 0.6 is 0 Å². The summed E-state index contributed by atoms with van der Waals surface area (Å²) in [6.07, 6.45) is 5.33. The van der Waals surface area contributed by atoms with Crippen LogP contribution in [0, 0.1) is 12.3 Å². The van der Waals surface area contributed by atoms with E-state index in [1.807, 2.05) is 0 Å². The lowest BCUT2D eigenvalue weighted by Crippen LogP contribution is -2.26. The molecule has 0 bridgehead atoms. The first-order valence-electron chi connectivity index (χ1n) is 10.0. The van der Waals surface area contributed by atoms with Crippen LogP contribution in [-0.2, 0) is 9.47 Å². The predicted molar refractivity (Wildman–Crippen MR) is 124 cm³/mol. The molecule has 2 N–H and O–H groups in total. The third-order valence-electron chi connectivity index (χ3n) is 3.77. The first kappa shape index (κ1) is 24.5. The lowest BCUT2D eigenvalue weighted by atomic mass is 10.1. The third kappa shape index (κ3) is 7.80. The largest absolute Gasteiger partial charge is 0.456 e. The van der Waals surface area contributed by atoms with Crippen molar-refractivity contribution in [3.63, 3.8) is 0 Å². The molecule has 0 aliphatic heterocycles. The molecular formula is C25H28N2O5. The van der Waals surface area contributed by atoms with Crippen molar-refractivity contribution in [2.45, 2.75) is 52.7 Å². The number of carbonyl (C=O) groups is 3. The highest BCUT2D eigenvalue weighted by atomic mass is 16.6. The Kier molecular flexibility index (Phi) is 7.32. The van der Waals surface area contributed by atoms with Gasteiger partial charge in [-0.05, 0) is 84.0 Å². The van der Waals surface area contributed by atoms with Crippen molar-refractivity contribution < 1.29 is 23.9 Å². The number of carbonyl (C=O) groups excluding carboxylic acids is 3. The van der Waals surface area contributed by atoms with Gasteiger partial charge in [-0.25, -0.2) is 14.4 Å². The molecule has 0 atom stereocenters. The molecule has 0 heterocycles. The molecule has 0 radical (unpaired) electrons. The number of esters is 2. The fourth-order valence-corrected chi connectivity index (χ4v) is 2.55. The number of terminal acetylenes is 1. The minimum Gasteiger partial charge on any atom is -0.456 e. The number of rotatable bonds is 4. The Morgan fingerprint density at radius 3 is 1.59 bits per heavy atom. The Labute approximate surface area is 188 Å². The van der Waals surface area contributed by atoms with Crippen LogP contribution in [0.5, 0.6) is 0 Å². The molecule has 2 amide bonds. The van der Waals surface area contributed by atoms with Gasteiger partial charge in [0.05, 0.1) is 11.1 Å². The van der Waals surface area contributed by atoms with Crippen LogP contribution in [0.2, 0.25) is 0 Å². The standard InChI is InChI=1S/C25H28N2O5/c1-8-16-9-11-19(12-10-16)26-23(30)27-20-14-17(21(28)31-24(2,3)4)13-18(15-20)22(29)32-25(5,6)7/h1,9-15H,2-7H3,(H2,26,27,30). The third-order valence-corrected chi connectivity index (χ3v) is 3.77. The maximum Gasteiger partial charge on any atom is 0.338 e. The van der Waals surface area contributed by atoms with Crippen LogP contribution in [0.4, 0.5) is 16.2 Å². The number of anilines is 2. The van der Waals surface area contributed by atoms with Crippen molar-refractivity contribution in [1.29, 1.82) is 0 Å². The Morgan fingerprint density at radius 2 is 1.19 bits per heavy atom. The molecule has 32 heavy (non-hydrogen) atoms. The topological polar surface area (TPSA) is 93.7 Å². The van der Waals surface area contributed by atoms with Crippen molar-refractivity contribution in [3.05, 3.63) is 59.2 Å². The zero-order valence-electron chi connectivity index (χ0n) is 19.2. The number of urea groups is 1. The Morgan fingerprint density at radius 1 is 0.750 bits per heavy atom. The normalized spacial score (nSPS) is 11.2. The molecular weight excluding hydrogens is 408 g/mol. The summed E-state index contributed by atoms with van der Waals surface area (Å²) in [5.41, 5.74) is 0.198. The average molecular weight is 437 g/mol. The van der Waals surface area contributed by atoms with E-state index < -0.39 is 29.2 Å². The van der Waals surface area contributed by atoms with Gasteiger partial charge in [-0.1, -0.05) is 5.92 Å². The van der Waals surface area contributed by atoms with Crippen molar-refractivity contribution in [2.24, 2.45) is 0 Å². The lowest BCUT2D eigenvalue weighted by molar-refractivity contribution is 0.00676. The molecule has 0 aliphatic rings. The molecule has 2 aromatic carbocycles. The van der Waals surface area contributed by atoms with Gasteiger partial charge in [0, 0.05) is 16.9 Å². The van der Waals surface area contributed by atoms with Gasteiger partial charge in [0.2, 0.25) is 0 Å². The van der Waals surface area contributed by atoms with E-state index in [0.29, 0.717) is 11.3 Å². The van der Waals surface area contributed by atoms with Gasteiger partial charge >= 0.3 is 18.0 Å². The Bertz CT molecular complexity index is 1010. The van der Waals surface area contributed by atoms with Gasteiger partial charge in [-0.3, -0.25) is 0 Å². The number of nitrogens with one attached hydrogen (secondary N) is 2. The summed E-state index contributed by atoms with van der Waals surface area (Å²) in [6, 6.07) is 10.4. The summed E-state index contributed by atoms with van der Waals surface area (Å²) in [4.78, 5) is 37.6. The molecule has 0 fully saturated rings. The van der Waals surface area contributed by atoms with E-state index in [-0.39, 0.29) is 16.8 Å². The number of ether oxygens (including phenoxy) is 2. The van der Waals surface area contributed by atoms with E-state index in [9.17, 15) is 14.4 Å². The predicted octanol–water partition coefficient (Wildman–Crippen LogP) is 5.22. The molecule has 0 aliphatic carbocycles. The van der Waals surface area contributed by atoms with E-state index in [1.54, 1.807) is 65.8 Å². The smallest absolute Gasteiger partial charge is 0.338 e. The minimum atomic E-state index is -0.728. The van der Waals surface area contributed by atoms with Crippen LogP contribution in [0.25, 0.3) is 0 Å². The molecule has 7 heteroatoms. The second-order valence-electron chi connectivity index (χ2n) is 9.10. The lowest BCUT2D eigenvalue weighted by Gasteiger charge is -2.21. The highest BCUT2D eigenvalue weighted by molar-refractivity contribution is 6.03. The SMILES string of the molecule is C#Cc1ccc(NC(=O)Nc2cc(C(=O)OC(C)(C)C)cc(C(=O)OC(C)(C)C)c2)cc1. The molecule has 0 aromatic heterocycles. The van der Waals surface area contributed by atoms with Crippen molar-refractivity contribution in [1.82, 2.24) is 0 Å². The summed E-state index contributed by atoms with van der Waals surface area (Å²) in [5, 5.41) is 5.29. The number of amides is 2. The molecule has 0 saturated carbocycles. The van der Waals surface area contributed by atoms with E-state index in [2.05, 4.69) is 16.6 Å². The first-order chi connectivity index (χ1) is 14.8. The molecule has 2 rings (SSSR count). The molecule has 0 unspecified atom stereocenters. The zero-order valence-corrected chi connectivity index (χ0v) is 19.2. The summed E-state index contributed by atoms with van der Waals surface area (Å²) in [7, 11) is 0. The summed E-state index contributed by atoms with van der Waals surface area (Å²) in [6.45, 7) is 10.4. The van der Waals surface area contributed by atoms with Gasteiger partial charge in [-0.2, -0.15) is 0 Å². The monoisotopic (exact) mass is 436 g/mol. The fraction of sp³-hybridized carbons (Fsp3) is 0.320. The molecule has 0 spiro atoms. The van der Waals surface area contributed by atoms with Crippen LogP contribution in [0.3, 0.4) is 0 Å². The van der Waals surface area contributed by atoms with Crippen LogP contribution < -0.4 is 10.6 Å². The minimum absolute atomic E-state index is 0.108. The van der Waals surface area contributed by atoms with Crippen LogP contribution in [-0.4, -0.2) is 29.2 Å². The Balaban J connectivity index is 2.30. The Hall–Kier alpha value is -3.79. The summed E-state index contributed by atoms with van der Waals surface area (Å²) >= 11 is 0. The van der Waals surface area contributed by atoms with E-state index in [1.165, 1.54) is 18.2 Å². The first-order valence-corrected chi connectivity index (χ1v) is 10.0. The van der Waals surface area contributed by atoms with Gasteiger partial charge < -0.3 is 20.1 Å². The van der Waals surface area contributed by atoms with Crippen molar-refractivity contribution in [2.75, 3.05) is 10.6 Å². The van der Waals surface area contributed by atoms with Gasteiger partial charge in [0.15, 0.2) is 0 Å². The summed E-state index contributed by atoms with van der Waals surface area (Å²) in [5.74, 6) is 1.24. The van der Waals surface area contributed by atoms with Gasteiger partial charge in [-0.15, -0.1) is 6.42 Å². The van der Waals surface area contributed by atoms with E-state index >= 15 is 0 Å². The highest BCUT2D eigenvalue weighted by Gasteiger charge is 2.23. The average Bonchev–Trinajstić information content (AvgIpc) is 2.65. The second-order valence-corrected chi connectivity index (χ2v) is 9.10. The quantitative estimate of drug-likeness (QED) is 0.506. The molecule has 7 nitrogen and oxygen atoms in total. The number of hydrogen-bond donors (Lipinski definition) is 2. The second kappa shape index (κ2) is 9.56. The van der Waals surface area contributed by atoms with Crippen LogP contribution in [0.15, 0.2) is 42.5 Å². The van der Waals surface area contributed by atoms with Crippen LogP contribution in [0.1, 0.15) is 67.8 Å². The van der Waals surface area contributed by atoms with Gasteiger partial charge in [0.1, 0.15) is 11.2 Å². The number of benzene rings is 2. The maximum absolute atomic E-state index is 12.6. The van der Waals surface area contributed by atoms with E-state index in [4.69, 9.17) is 15.9 Å². The zero-order chi connectivity index (χ0) is 24.1. The van der Waals surface area contributed by atoms with Gasteiger partial charge in [0.25, 0.3) is 0 Å². The number of hydrogen-bond acceptors (Lipinski definition) is 5. The molecule has 2 aromatic rings.